The predicted octanol–water partition coefficient (Wildman–Crippen LogP) is 2.37. The van der Waals surface area contributed by atoms with Crippen LogP contribution in [0.4, 0.5) is 5.69 Å². The average molecular weight is 300 g/mol. The minimum absolute atomic E-state index is 0.0800. The van der Waals surface area contributed by atoms with Crippen molar-refractivity contribution in [2.75, 3.05) is 31.2 Å². The summed E-state index contributed by atoms with van der Waals surface area (Å²) in [5, 5.41) is 19.0. The van der Waals surface area contributed by atoms with Crippen LogP contribution in [-0.4, -0.2) is 42.6 Å². The average Bonchev–Trinajstić information content (AvgIpc) is 2.45. The van der Waals surface area contributed by atoms with Gasteiger partial charge in [-0.25, -0.2) is 0 Å². The first-order valence-corrected chi connectivity index (χ1v) is 7.44. The van der Waals surface area contributed by atoms with E-state index in [2.05, 4.69) is 4.90 Å². The Bertz CT molecular complexity index is 431. The van der Waals surface area contributed by atoms with E-state index in [9.17, 15) is 5.11 Å². The van der Waals surface area contributed by atoms with Crippen LogP contribution in [-0.2, 0) is 4.74 Å². The lowest BCUT2D eigenvalue weighted by atomic mass is 10.1. The highest BCUT2D eigenvalue weighted by atomic mass is 35.5. The van der Waals surface area contributed by atoms with E-state index < -0.39 is 6.10 Å². The Balaban J connectivity index is 1.95. The van der Waals surface area contributed by atoms with Crippen molar-refractivity contribution in [3.63, 3.8) is 0 Å². The fraction of sp³-hybridized carbons (Fsp3) is 0.600. The molecule has 20 heavy (non-hydrogen) atoms. The minimum Gasteiger partial charge on any atom is -0.394 e. The zero-order chi connectivity index (χ0) is 14.5. The molecule has 1 aliphatic heterocycles. The van der Waals surface area contributed by atoms with Gasteiger partial charge >= 0.3 is 0 Å². The number of benzene rings is 1. The van der Waals surface area contributed by atoms with Gasteiger partial charge in [-0.3, -0.25) is 0 Å². The molecule has 2 rings (SSSR count). The molecule has 0 bridgehead atoms. The summed E-state index contributed by atoms with van der Waals surface area (Å²) in [5.41, 5.74) is 1.84. The largest absolute Gasteiger partial charge is 0.394 e. The third kappa shape index (κ3) is 3.85. The van der Waals surface area contributed by atoms with Crippen molar-refractivity contribution in [1.29, 1.82) is 0 Å². The molecule has 0 spiro atoms. The lowest BCUT2D eigenvalue weighted by Crippen LogP contribution is -2.37. The highest BCUT2D eigenvalue weighted by Gasteiger charge is 2.20. The molecule has 1 unspecified atom stereocenters. The molecule has 1 heterocycles. The number of aliphatic hydroxyl groups is 2. The lowest BCUT2D eigenvalue weighted by Gasteiger charge is -2.33. The second-order valence-electron chi connectivity index (χ2n) is 5.16. The lowest BCUT2D eigenvalue weighted by molar-refractivity contribution is 0.0159. The van der Waals surface area contributed by atoms with Crippen molar-refractivity contribution >= 4 is 17.3 Å². The molecule has 1 atom stereocenters. The fourth-order valence-corrected chi connectivity index (χ4v) is 2.88. The highest BCUT2D eigenvalue weighted by molar-refractivity contribution is 6.31. The molecule has 0 saturated carbocycles. The fourth-order valence-electron chi connectivity index (χ4n) is 2.55. The Labute approximate surface area is 124 Å². The summed E-state index contributed by atoms with van der Waals surface area (Å²) >= 11 is 6.20. The quantitative estimate of drug-likeness (QED) is 0.876. The van der Waals surface area contributed by atoms with Crippen LogP contribution in [0.2, 0.25) is 5.02 Å². The number of halogens is 1. The molecule has 0 amide bonds. The summed E-state index contributed by atoms with van der Waals surface area (Å²) in [4.78, 5) is 2.27. The van der Waals surface area contributed by atoms with Crippen molar-refractivity contribution in [3.05, 3.63) is 28.8 Å². The van der Waals surface area contributed by atoms with Gasteiger partial charge in [-0.15, -0.1) is 0 Å². The Morgan fingerprint density at radius 1 is 1.40 bits per heavy atom. The maximum Gasteiger partial charge on any atom is 0.0776 e. The molecule has 1 fully saturated rings. The highest BCUT2D eigenvalue weighted by Crippen LogP contribution is 2.29. The van der Waals surface area contributed by atoms with Gasteiger partial charge in [-0.2, -0.15) is 0 Å². The first kappa shape index (κ1) is 15.6. The molecule has 0 radical (unpaired) electrons. The Morgan fingerprint density at radius 3 is 2.65 bits per heavy atom. The third-order valence-electron chi connectivity index (χ3n) is 3.69. The first-order valence-electron chi connectivity index (χ1n) is 7.06. The van der Waals surface area contributed by atoms with Crippen molar-refractivity contribution in [2.24, 2.45) is 0 Å². The van der Waals surface area contributed by atoms with Gasteiger partial charge in [0, 0.05) is 23.8 Å². The molecule has 4 nitrogen and oxygen atoms in total. The number of ether oxygens (including phenoxy) is 1. The topological polar surface area (TPSA) is 52.9 Å². The zero-order valence-corrected chi connectivity index (χ0v) is 12.5. The smallest absolute Gasteiger partial charge is 0.0776 e. The summed E-state index contributed by atoms with van der Waals surface area (Å²) in [6, 6.07) is 5.80. The maximum atomic E-state index is 9.59. The molecule has 1 saturated heterocycles. The number of hydrogen-bond acceptors (Lipinski definition) is 4. The van der Waals surface area contributed by atoms with Crippen molar-refractivity contribution in [3.8, 4) is 0 Å². The number of aliphatic hydroxyl groups excluding tert-OH is 2. The second-order valence-corrected chi connectivity index (χ2v) is 5.57. The van der Waals surface area contributed by atoms with Gasteiger partial charge in [0.2, 0.25) is 0 Å². The van der Waals surface area contributed by atoms with Crippen molar-refractivity contribution < 1.29 is 14.9 Å². The monoisotopic (exact) mass is 299 g/mol. The van der Waals surface area contributed by atoms with Gasteiger partial charge < -0.3 is 19.8 Å². The summed E-state index contributed by atoms with van der Waals surface area (Å²) in [5.74, 6) is 0. The zero-order valence-electron chi connectivity index (χ0n) is 11.8. The van der Waals surface area contributed by atoms with E-state index in [4.69, 9.17) is 21.4 Å². The predicted molar refractivity (Wildman–Crippen MR) is 80.4 cm³/mol. The number of nitrogens with zero attached hydrogens (tertiary/aromatic N) is 1. The number of hydrogen-bond donors (Lipinski definition) is 2. The molecule has 112 valence electrons. The van der Waals surface area contributed by atoms with Crippen LogP contribution in [0.5, 0.6) is 0 Å². The molecule has 0 aliphatic carbocycles. The van der Waals surface area contributed by atoms with E-state index in [0.29, 0.717) is 11.6 Å². The molecular formula is C15H22ClNO3. The van der Waals surface area contributed by atoms with E-state index in [-0.39, 0.29) is 12.7 Å². The first-order chi connectivity index (χ1) is 9.61. The minimum atomic E-state index is -0.547. The molecular weight excluding hydrogens is 278 g/mol. The second kappa shape index (κ2) is 7.27. The van der Waals surface area contributed by atoms with Gasteiger partial charge in [0.15, 0.2) is 0 Å². The van der Waals surface area contributed by atoms with Crippen LogP contribution < -0.4 is 4.90 Å². The third-order valence-corrected chi connectivity index (χ3v) is 4.01. The number of anilines is 1. The normalized spacial score (nSPS) is 18.3. The van der Waals surface area contributed by atoms with Crippen LogP contribution in [0.25, 0.3) is 0 Å². The van der Waals surface area contributed by atoms with E-state index >= 15 is 0 Å². The summed E-state index contributed by atoms with van der Waals surface area (Å²) < 4.78 is 5.55. The molecule has 5 heteroatoms. The Morgan fingerprint density at radius 2 is 2.10 bits per heavy atom. The van der Waals surface area contributed by atoms with Gasteiger partial charge in [-0.1, -0.05) is 17.7 Å². The summed E-state index contributed by atoms with van der Waals surface area (Å²) in [7, 11) is 0. The van der Waals surface area contributed by atoms with Crippen molar-refractivity contribution in [1.82, 2.24) is 0 Å². The van der Waals surface area contributed by atoms with Crippen LogP contribution >= 0.6 is 11.6 Å². The standard InChI is InChI=1S/C15H22ClNO3/c1-11(19)14-3-2-12(10-15(14)16)17-6-4-13(5-7-17)20-9-8-18/h2-3,10-11,13,18-19H,4-9H2,1H3. The van der Waals surface area contributed by atoms with Crippen LogP contribution in [0.1, 0.15) is 31.4 Å². The Hall–Kier alpha value is -0.810. The molecule has 1 aromatic rings. The van der Waals surface area contributed by atoms with Crippen LogP contribution in [0, 0.1) is 0 Å². The van der Waals surface area contributed by atoms with Crippen LogP contribution in [0.15, 0.2) is 18.2 Å². The van der Waals surface area contributed by atoms with E-state index in [1.54, 1.807) is 6.92 Å². The van der Waals surface area contributed by atoms with Gasteiger partial charge in [0.05, 0.1) is 25.4 Å². The molecule has 1 aliphatic rings. The summed E-state index contributed by atoms with van der Waals surface area (Å²) in [6.07, 6.45) is 1.60. The number of piperidine rings is 1. The Kier molecular flexibility index (Phi) is 5.66. The van der Waals surface area contributed by atoms with Gasteiger partial charge in [0.1, 0.15) is 0 Å². The molecule has 0 aromatic heterocycles. The van der Waals surface area contributed by atoms with E-state index in [1.807, 2.05) is 18.2 Å². The van der Waals surface area contributed by atoms with Crippen molar-refractivity contribution in [2.45, 2.75) is 32.0 Å². The SMILES string of the molecule is CC(O)c1ccc(N2CCC(OCCO)CC2)cc1Cl. The van der Waals surface area contributed by atoms with Gasteiger partial charge in [-0.05, 0) is 37.5 Å². The maximum absolute atomic E-state index is 9.59. The molecule has 2 N–H and O–H groups in total. The summed E-state index contributed by atoms with van der Waals surface area (Å²) in [6.45, 7) is 4.04. The van der Waals surface area contributed by atoms with E-state index in [1.165, 1.54) is 0 Å². The van der Waals surface area contributed by atoms with Gasteiger partial charge in [0.25, 0.3) is 0 Å². The van der Waals surface area contributed by atoms with E-state index in [0.717, 1.165) is 37.2 Å². The number of rotatable bonds is 5. The molecule has 1 aromatic carbocycles. The van der Waals surface area contributed by atoms with Crippen LogP contribution in [0.3, 0.4) is 0 Å².